The molecule has 0 saturated heterocycles. The molecule has 242 valence electrons. The largest absolute Gasteiger partial charge is 0.455 e. The SMILES string of the molecule is c1ccc2c(c1)ccc1cccc(-c3ccc(-c4nc(-c5cccc6c5oc5ccccc56)nc(-c5cccc6c5oc5ccccc56)n4)cc3)c12. The second-order valence-corrected chi connectivity index (χ2v) is 13.1. The Balaban J connectivity index is 1.12. The van der Waals surface area contributed by atoms with E-state index < -0.39 is 0 Å². The van der Waals surface area contributed by atoms with Gasteiger partial charge in [0, 0.05) is 27.1 Å². The summed E-state index contributed by atoms with van der Waals surface area (Å²) in [5, 5.41) is 9.07. The minimum absolute atomic E-state index is 0.530. The molecule has 0 radical (unpaired) electrons. The number of fused-ring (bicyclic) bond motifs is 9. The van der Waals surface area contributed by atoms with E-state index in [0.717, 1.165) is 66.1 Å². The highest BCUT2D eigenvalue weighted by Crippen LogP contribution is 2.39. The number of benzene rings is 8. The van der Waals surface area contributed by atoms with Crippen molar-refractivity contribution in [1.29, 1.82) is 0 Å². The highest BCUT2D eigenvalue weighted by atomic mass is 16.3. The van der Waals surface area contributed by atoms with Crippen molar-refractivity contribution in [2.45, 2.75) is 0 Å². The number of nitrogens with zero attached hydrogens (tertiary/aromatic N) is 3. The molecule has 0 unspecified atom stereocenters. The summed E-state index contributed by atoms with van der Waals surface area (Å²) in [5.74, 6) is 1.63. The summed E-state index contributed by atoms with van der Waals surface area (Å²) in [4.78, 5) is 15.4. The normalized spacial score (nSPS) is 11.8. The third-order valence-corrected chi connectivity index (χ3v) is 10.1. The predicted molar refractivity (Wildman–Crippen MR) is 211 cm³/mol. The summed E-state index contributed by atoms with van der Waals surface area (Å²) in [6, 6.07) is 56.4. The summed E-state index contributed by atoms with van der Waals surface area (Å²) in [6.45, 7) is 0. The van der Waals surface area contributed by atoms with Crippen LogP contribution in [0.5, 0.6) is 0 Å². The van der Waals surface area contributed by atoms with E-state index in [1.54, 1.807) is 0 Å². The summed E-state index contributed by atoms with van der Waals surface area (Å²) in [7, 11) is 0. The van der Waals surface area contributed by atoms with Crippen molar-refractivity contribution in [3.8, 4) is 45.3 Å². The van der Waals surface area contributed by atoms with E-state index in [-0.39, 0.29) is 0 Å². The minimum Gasteiger partial charge on any atom is -0.455 e. The van der Waals surface area contributed by atoms with Crippen LogP contribution >= 0.6 is 0 Å². The molecule has 5 nitrogen and oxygen atoms in total. The number of rotatable bonds is 4. The van der Waals surface area contributed by atoms with E-state index in [2.05, 4.69) is 103 Å². The summed E-state index contributed by atoms with van der Waals surface area (Å²) in [5.41, 5.74) is 7.92. The summed E-state index contributed by atoms with van der Waals surface area (Å²) >= 11 is 0. The van der Waals surface area contributed by atoms with Crippen molar-refractivity contribution in [2.24, 2.45) is 0 Å². The molecule has 0 saturated carbocycles. The Morgan fingerprint density at radius 1 is 0.308 bits per heavy atom. The van der Waals surface area contributed by atoms with Crippen molar-refractivity contribution in [2.75, 3.05) is 0 Å². The zero-order chi connectivity index (χ0) is 34.2. The molecule has 3 aromatic heterocycles. The number of hydrogen-bond acceptors (Lipinski definition) is 5. The molecular formula is C47H27N3O2. The Hall–Kier alpha value is -7.11. The fourth-order valence-corrected chi connectivity index (χ4v) is 7.69. The molecule has 8 aromatic carbocycles. The quantitative estimate of drug-likeness (QED) is 0.175. The highest BCUT2D eigenvalue weighted by molar-refractivity contribution is 6.14. The van der Waals surface area contributed by atoms with Gasteiger partial charge in [-0.3, -0.25) is 0 Å². The van der Waals surface area contributed by atoms with E-state index >= 15 is 0 Å². The van der Waals surface area contributed by atoms with Gasteiger partial charge in [-0.15, -0.1) is 0 Å². The third kappa shape index (κ3) is 4.39. The molecule has 5 heteroatoms. The van der Waals surface area contributed by atoms with Crippen LogP contribution in [0.4, 0.5) is 0 Å². The van der Waals surface area contributed by atoms with Crippen LogP contribution in [0.3, 0.4) is 0 Å². The zero-order valence-electron chi connectivity index (χ0n) is 27.7. The average Bonchev–Trinajstić information content (AvgIpc) is 3.79. The Morgan fingerprint density at radius 3 is 1.42 bits per heavy atom. The first kappa shape index (κ1) is 28.7. The van der Waals surface area contributed by atoms with Crippen LogP contribution in [0.2, 0.25) is 0 Å². The molecule has 11 rings (SSSR count). The number of furan rings is 2. The van der Waals surface area contributed by atoms with Crippen LogP contribution in [-0.4, -0.2) is 15.0 Å². The van der Waals surface area contributed by atoms with E-state index in [4.69, 9.17) is 23.8 Å². The van der Waals surface area contributed by atoms with E-state index in [9.17, 15) is 0 Å². The number of para-hydroxylation sites is 4. The van der Waals surface area contributed by atoms with Gasteiger partial charge in [-0.1, -0.05) is 140 Å². The highest BCUT2D eigenvalue weighted by Gasteiger charge is 2.20. The third-order valence-electron chi connectivity index (χ3n) is 10.1. The van der Waals surface area contributed by atoms with Crippen molar-refractivity contribution in [3.63, 3.8) is 0 Å². The Morgan fingerprint density at radius 2 is 0.769 bits per heavy atom. The Bertz CT molecular complexity index is 3060. The van der Waals surface area contributed by atoms with Crippen LogP contribution in [0.1, 0.15) is 0 Å². The molecule has 0 amide bonds. The van der Waals surface area contributed by atoms with Crippen molar-refractivity contribution in [3.05, 3.63) is 164 Å². The summed E-state index contributed by atoms with van der Waals surface area (Å²) in [6.07, 6.45) is 0. The molecule has 52 heavy (non-hydrogen) atoms. The first-order valence-electron chi connectivity index (χ1n) is 17.4. The van der Waals surface area contributed by atoms with Crippen molar-refractivity contribution >= 4 is 65.4 Å². The molecule has 0 atom stereocenters. The zero-order valence-corrected chi connectivity index (χ0v) is 27.7. The van der Waals surface area contributed by atoms with Gasteiger partial charge in [0.05, 0.1) is 11.1 Å². The topological polar surface area (TPSA) is 65.0 Å². The van der Waals surface area contributed by atoms with E-state index in [1.807, 2.05) is 60.7 Å². The summed E-state index contributed by atoms with van der Waals surface area (Å²) < 4.78 is 12.9. The molecule has 0 bridgehead atoms. The van der Waals surface area contributed by atoms with Gasteiger partial charge < -0.3 is 8.83 Å². The molecule has 0 aliphatic heterocycles. The Kier molecular flexibility index (Phi) is 6.18. The lowest BCUT2D eigenvalue weighted by atomic mass is 9.93. The van der Waals surface area contributed by atoms with Gasteiger partial charge >= 0.3 is 0 Å². The molecule has 0 aliphatic carbocycles. The van der Waals surface area contributed by atoms with Gasteiger partial charge in [0.25, 0.3) is 0 Å². The molecule has 0 N–H and O–H groups in total. The number of hydrogen-bond donors (Lipinski definition) is 0. The standard InChI is InChI=1S/C47H27N3O2/c1-2-12-32-28(10-1)22-25-30-11-7-15-33(42(30)32)29-23-26-31(27-24-29)45-48-46(38-18-8-16-36-34-13-3-5-20-40(34)51-43(36)38)50-47(49-45)39-19-9-17-37-35-14-4-6-21-41(35)52-44(37)39/h1-27H. The maximum Gasteiger partial charge on any atom is 0.167 e. The Labute approximate surface area is 297 Å². The molecular weight excluding hydrogens is 639 g/mol. The molecule has 3 heterocycles. The number of aromatic nitrogens is 3. The molecule has 0 fully saturated rings. The van der Waals surface area contributed by atoms with Gasteiger partial charge in [0.1, 0.15) is 22.3 Å². The van der Waals surface area contributed by atoms with Gasteiger partial charge in [0.2, 0.25) is 0 Å². The van der Waals surface area contributed by atoms with Gasteiger partial charge in [-0.2, -0.15) is 0 Å². The average molecular weight is 666 g/mol. The molecule has 11 aromatic rings. The van der Waals surface area contributed by atoms with Crippen LogP contribution in [0, 0.1) is 0 Å². The van der Waals surface area contributed by atoms with Crippen LogP contribution in [-0.2, 0) is 0 Å². The predicted octanol–water partition coefficient (Wildman–Crippen LogP) is 12.6. The molecule has 0 aliphatic rings. The van der Waals surface area contributed by atoms with Gasteiger partial charge in [-0.25, -0.2) is 15.0 Å². The smallest absolute Gasteiger partial charge is 0.167 e. The molecule has 0 spiro atoms. The fraction of sp³-hybridized carbons (Fsp3) is 0. The maximum absolute atomic E-state index is 6.45. The fourth-order valence-electron chi connectivity index (χ4n) is 7.69. The van der Waals surface area contributed by atoms with Crippen LogP contribution in [0.25, 0.3) is 111 Å². The van der Waals surface area contributed by atoms with E-state index in [0.29, 0.717) is 17.5 Å². The van der Waals surface area contributed by atoms with Crippen LogP contribution < -0.4 is 0 Å². The van der Waals surface area contributed by atoms with Crippen molar-refractivity contribution < 1.29 is 8.83 Å². The van der Waals surface area contributed by atoms with Gasteiger partial charge in [0.15, 0.2) is 17.5 Å². The van der Waals surface area contributed by atoms with Crippen molar-refractivity contribution in [1.82, 2.24) is 15.0 Å². The lowest BCUT2D eigenvalue weighted by Crippen LogP contribution is -2.00. The lowest BCUT2D eigenvalue weighted by Gasteiger charge is -2.12. The first-order chi connectivity index (χ1) is 25.8. The second-order valence-electron chi connectivity index (χ2n) is 13.1. The first-order valence-corrected chi connectivity index (χ1v) is 17.4. The van der Waals surface area contributed by atoms with Crippen LogP contribution in [0.15, 0.2) is 173 Å². The van der Waals surface area contributed by atoms with E-state index in [1.165, 1.54) is 27.1 Å². The lowest BCUT2D eigenvalue weighted by molar-refractivity contribution is 0.669. The van der Waals surface area contributed by atoms with Gasteiger partial charge in [-0.05, 0) is 56.9 Å². The second kappa shape index (κ2) is 11.2. The monoisotopic (exact) mass is 665 g/mol. The maximum atomic E-state index is 6.45. The minimum atomic E-state index is 0.530.